The van der Waals surface area contributed by atoms with Crippen LogP contribution in [0.4, 0.5) is 13.2 Å². The van der Waals surface area contributed by atoms with Crippen LogP contribution in [-0.4, -0.2) is 34.9 Å². The molecule has 0 bridgehead atoms. The molecule has 0 spiro atoms. The van der Waals surface area contributed by atoms with Crippen molar-refractivity contribution in [3.05, 3.63) is 35.2 Å². The van der Waals surface area contributed by atoms with E-state index in [2.05, 4.69) is 5.38 Å². The van der Waals surface area contributed by atoms with E-state index in [0.29, 0.717) is 6.54 Å². The molecule has 0 amide bonds. The molecule has 1 aliphatic rings. The van der Waals surface area contributed by atoms with Gasteiger partial charge in [-0.2, -0.15) is 13.2 Å². The quantitative estimate of drug-likeness (QED) is 0.911. The number of hydrogen-bond donors (Lipinski definition) is 1. The zero-order valence-electron chi connectivity index (χ0n) is 11.4. The van der Waals surface area contributed by atoms with Crippen LogP contribution in [0.2, 0.25) is 0 Å². The second-order valence-electron chi connectivity index (χ2n) is 5.56. The number of nitrogens with zero attached hydrogens (tertiary/aromatic N) is 1. The Balaban J connectivity index is 1.69. The first-order chi connectivity index (χ1) is 9.89. The summed E-state index contributed by atoms with van der Waals surface area (Å²) in [6, 6.07) is 8.03. The average Bonchev–Trinajstić information content (AvgIpc) is 2.84. The number of thiophene rings is 1. The fourth-order valence-corrected chi connectivity index (χ4v) is 3.71. The number of rotatable bonds is 2. The molecule has 21 heavy (non-hydrogen) atoms. The fourth-order valence-electron chi connectivity index (χ4n) is 2.76. The van der Waals surface area contributed by atoms with Gasteiger partial charge in [-0.3, -0.25) is 4.90 Å². The molecule has 1 aliphatic heterocycles. The molecule has 0 unspecified atom stereocenters. The Labute approximate surface area is 124 Å². The summed E-state index contributed by atoms with van der Waals surface area (Å²) < 4.78 is 39.5. The van der Waals surface area contributed by atoms with E-state index in [0.717, 1.165) is 5.56 Å². The number of piperidine rings is 1. The van der Waals surface area contributed by atoms with Gasteiger partial charge in [0.05, 0.1) is 0 Å². The van der Waals surface area contributed by atoms with Crippen LogP contribution in [0.15, 0.2) is 29.6 Å². The molecule has 2 heterocycles. The van der Waals surface area contributed by atoms with Gasteiger partial charge in [0.15, 0.2) is 5.60 Å². The van der Waals surface area contributed by atoms with E-state index in [1.807, 2.05) is 29.2 Å². The van der Waals surface area contributed by atoms with Crippen LogP contribution in [0.5, 0.6) is 0 Å². The zero-order chi connectivity index (χ0) is 15.1. The lowest BCUT2D eigenvalue weighted by Gasteiger charge is -2.39. The van der Waals surface area contributed by atoms with Crippen molar-refractivity contribution in [2.75, 3.05) is 13.1 Å². The SMILES string of the molecule is OC1(C(F)(F)F)CCN(Cc2csc3ccccc23)CC1. The third-order valence-corrected chi connectivity index (χ3v) is 5.18. The van der Waals surface area contributed by atoms with Crippen molar-refractivity contribution in [1.82, 2.24) is 4.90 Å². The van der Waals surface area contributed by atoms with Crippen molar-refractivity contribution < 1.29 is 18.3 Å². The van der Waals surface area contributed by atoms with Crippen LogP contribution >= 0.6 is 11.3 Å². The standard InChI is InChI=1S/C15H16F3NOS/c16-15(17,18)14(20)5-7-19(8-6-14)9-11-10-21-13-4-2-1-3-12(11)13/h1-4,10,20H,5-9H2. The smallest absolute Gasteiger partial charge is 0.380 e. The van der Waals surface area contributed by atoms with Crippen molar-refractivity contribution >= 4 is 21.4 Å². The Kier molecular flexibility index (Phi) is 3.71. The maximum atomic E-state index is 12.8. The number of halogens is 3. The summed E-state index contributed by atoms with van der Waals surface area (Å²) in [7, 11) is 0. The summed E-state index contributed by atoms with van der Waals surface area (Å²) in [6.07, 6.45) is -5.04. The molecule has 0 aliphatic carbocycles. The number of alkyl halides is 3. The van der Waals surface area contributed by atoms with Gasteiger partial charge in [-0.1, -0.05) is 18.2 Å². The van der Waals surface area contributed by atoms with Crippen molar-refractivity contribution in [2.24, 2.45) is 0 Å². The lowest BCUT2D eigenvalue weighted by molar-refractivity contribution is -0.272. The maximum Gasteiger partial charge on any atom is 0.417 e. The Morgan fingerprint density at radius 2 is 1.86 bits per heavy atom. The molecule has 1 aromatic heterocycles. The van der Waals surface area contributed by atoms with Gasteiger partial charge in [-0.15, -0.1) is 11.3 Å². The molecule has 2 aromatic rings. The molecule has 2 nitrogen and oxygen atoms in total. The lowest BCUT2D eigenvalue weighted by Crippen LogP contribution is -2.53. The first-order valence-electron chi connectivity index (χ1n) is 6.86. The van der Waals surface area contributed by atoms with Crippen molar-refractivity contribution in [3.8, 4) is 0 Å². The number of likely N-dealkylation sites (tertiary alicyclic amines) is 1. The highest BCUT2D eigenvalue weighted by Crippen LogP contribution is 2.39. The van der Waals surface area contributed by atoms with E-state index in [4.69, 9.17) is 0 Å². The van der Waals surface area contributed by atoms with Gasteiger partial charge in [-0.05, 0) is 35.2 Å². The lowest BCUT2D eigenvalue weighted by atomic mass is 9.90. The van der Waals surface area contributed by atoms with Crippen molar-refractivity contribution in [1.29, 1.82) is 0 Å². The van der Waals surface area contributed by atoms with E-state index < -0.39 is 11.8 Å². The Bertz CT molecular complexity index is 629. The van der Waals surface area contributed by atoms with Crippen LogP contribution in [0.25, 0.3) is 10.1 Å². The molecule has 0 atom stereocenters. The molecule has 1 saturated heterocycles. The highest BCUT2D eigenvalue weighted by Gasteiger charge is 2.54. The minimum Gasteiger partial charge on any atom is -0.380 e. The van der Waals surface area contributed by atoms with Gasteiger partial charge < -0.3 is 5.11 Å². The summed E-state index contributed by atoms with van der Waals surface area (Å²) >= 11 is 1.65. The molecule has 114 valence electrons. The predicted octanol–water partition coefficient (Wildman–Crippen LogP) is 3.79. The number of aliphatic hydroxyl groups is 1. The van der Waals surface area contributed by atoms with Crippen molar-refractivity contribution in [2.45, 2.75) is 31.2 Å². The largest absolute Gasteiger partial charge is 0.417 e. The summed E-state index contributed by atoms with van der Waals surface area (Å²) in [5.41, 5.74) is -1.37. The van der Waals surface area contributed by atoms with E-state index in [1.165, 1.54) is 10.1 Å². The molecule has 0 radical (unpaired) electrons. The maximum absolute atomic E-state index is 12.8. The highest BCUT2D eigenvalue weighted by atomic mass is 32.1. The minimum atomic E-state index is -4.53. The fraction of sp³-hybridized carbons (Fsp3) is 0.467. The van der Waals surface area contributed by atoms with Gasteiger partial charge >= 0.3 is 6.18 Å². The van der Waals surface area contributed by atoms with E-state index >= 15 is 0 Å². The Morgan fingerprint density at radius 3 is 2.52 bits per heavy atom. The molecule has 1 aromatic carbocycles. The van der Waals surface area contributed by atoms with Gasteiger partial charge in [0, 0.05) is 24.3 Å². The van der Waals surface area contributed by atoms with Crippen LogP contribution < -0.4 is 0 Å². The molecule has 3 rings (SSSR count). The summed E-state index contributed by atoms with van der Waals surface area (Å²) in [4.78, 5) is 1.98. The third kappa shape index (κ3) is 2.80. The van der Waals surface area contributed by atoms with E-state index in [-0.39, 0.29) is 25.9 Å². The van der Waals surface area contributed by atoms with Gasteiger partial charge in [-0.25, -0.2) is 0 Å². The first-order valence-corrected chi connectivity index (χ1v) is 7.74. The van der Waals surface area contributed by atoms with E-state index in [1.54, 1.807) is 11.3 Å². The predicted molar refractivity (Wildman–Crippen MR) is 77.3 cm³/mol. The van der Waals surface area contributed by atoms with E-state index in [9.17, 15) is 18.3 Å². The van der Waals surface area contributed by atoms with Gasteiger partial charge in [0.25, 0.3) is 0 Å². The third-order valence-electron chi connectivity index (χ3n) is 4.17. The number of benzene rings is 1. The molecule has 1 fully saturated rings. The normalized spacial score (nSPS) is 20.0. The molecular weight excluding hydrogens is 299 g/mol. The summed E-state index contributed by atoms with van der Waals surface area (Å²) in [6.45, 7) is 1.16. The Morgan fingerprint density at radius 1 is 1.19 bits per heavy atom. The monoisotopic (exact) mass is 315 g/mol. The second-order valence-corrected chi connectivity index (χ2v) is 6.47. The van der Waals surface area contributed by atoms with Crippen LogP contribution in [-0.2, 0) is 6.54 Å². The molecule has 6 heteroatoms. The zero-order valence-corrected chi connectivity index (χ0v) is 12.2. The topological polar surface area (TPSA) is 23.5 Å². The van der Waals surface area contributed by atoms with Crippen molar-refractivity contribution in [3.63, 3.8) is 0 Å². The van der Waals surface area contributed by atoms with Crippen LogP contribution in [0.3, 0.4) is 0 Å². The molecular formula is C15H16F3NOS. The first kappa shape index (κ1) is 14.8. The highest BCUT2D eigenvalue weighted by molar-refractivity contribution is 7.17. The van der Waals surface area contributed by atoms with Gasteiger partial charge in [0.2, 0.25) is 0 Å². The average molecular weight is 315 g/mol. The van der Waals surface area contributed by atoms with Crippen LogP contribution in [0, 0.1) is 0 Å². The van der Waals surface area contributed by atoms with Gasteiger partial charge in [0.1, 0.15) is 0 Å². The molecule has 0 saturated carbocycles. The molecule has 1 N–H and O–H groups in total. The Hall–Kier alpha value is -1.11. The summed E-state index contributed by atoms with van der Waals surface area (Å²) in [5, 5.41) is 12.9. The summed E-state index contributed by atoms with van der Waals surface area (Å²) in [5.74, 6) is 0. The second kappa shape index (κ2) is 5.26. The number of fused-ring (bicyclic) bond motifs is 1. The number of hydrogen-bond acceptors (Lipinski definition) is 3. The minimum absolute atomic E-state index is 0.251. The van der Waals surface area contributed by atoms with Crippen LogP contribution in [0.1, 0.15) is 18.4 Å².